The lowest BCUT2D eigenvalue weighted by molar-refractivity contribution is -0.274. The fourth-order valence-electron chi connectivity index (χ4n) is 3.23. The first kappa shape index (κ1) is 25.9. The van der Waals surface area contributed by atoms with Gasteiger partial charge in [0.1, 0.15) is 5.75 Å². The second kappa shape index (κ2) is 12.1. The molecule has 186 valence electrons. The molecule has 0 radical (unpaired) electrons. The molecule has 1 unspecified atom stereocenters. The van der Waals surface area contributed by atoms with Gasteiger partial charge in [-0.2, -0.15) is 0 Å². The van der Waals surface area contributed by atoms with E-state index < -0.39 is 29.2 Å². The molecule has 12 heteroatoms. The summed E-state index contributed by atoms with van der Waals surface area (Å²) in [5.41, 5.74) is 1.32. The molecule has 1 saturated heterocycles. The van der Waals surface area contributed by atoms with Gasteiger partial charge >= 0.3 is 12.5 Å². The van der Waals surface area contributed by atoms with Gasteiger partial charge in [-0.1, -0.05) is 19.4 Å². The summed E-state index contributed by atoms with van der Waals surface area (Å²) in [5.74, 6) is -0.493. The maximum Gasteiger partial charge on any atom is 0.573 e. The van der Waals surface area contributed by atoms with Crippen molar-refractivity contribution in [2.75, 3.05) is 32.9 Å². The molecule has 8 nitrogen and oxygen atoms in total. The van der Waals surface area contributed by atoms with E-state index in [1.54, 1.807) is 18.3 Å². The van der Waals surface area contributed by atoms with E-state index in [1.165, 1.54) is 6.07 Å². The fourth-order valence-corrected chi connectivity index (χ4v) is 4.11. The lowest BCUT2D eigenvalue weighted by Gasteiger charge is -2.26. The lowest BCUT2D eigenvalue weighted by Crippen LogP contribution is -2.35. The van der Waals surface area contributed by atoms with Gasteiger partial charge in [0.05, 0.1) is 30.4 Å². The van der Waals surface area contributed by atoms with Crippen LogP contribution in [0.2, 0.25) is 0 Å². The molecule has 1 amide bonds. The van der Waals surface area contributed by atoms with Gasteiger partial charge in [0.15, 0.2) is 11.0 Å². The minimum atomic E-state index is -4.89. The zero-order chi connectivity index (χ0) is 24.6. The summed E-state index contributed by atoms with van der Waals surface area (Å²) in [6.07, 6.45) is -2.71. The predicted molar refractivity (Wildman–Crippen MR) is 118 cm³/mol. The molecule has 0 spiro atoms. The van der Waals surface area contributed by atoms with Crippen LogP contribution in [-0.4, -0.2) is 59.5 Å². The smallest absolute Gasteiger partial charge is 0.449 e. The van der Waals surface area contributed by atoms with Gasteiger partial charge in [0.25, 0.3) is 0 Å². The minimum absolute atomic E-state index is 0.0652. The number of halogens is 3. The number of morpholine rings is 1. The summed E-state index contributed by atoms with van der Waals surface area (Å²) in [6, 6.07) is 6.75. The summed E-state index contributed by atoms with van der Waals surface area (Å²) in [7, 11) is -2.10. The van der Waals surface area contributed by atoms with E-state index in [0.717, 1.165) is 37.2 Å². The largest absolute Gasteiger partial charge is 0.573 e. The molecule has 2 aromatic rings. The Bertz CT molecular complexity index is 983. The van der Waals surface area contributed by atoms with E-state index in [0.29, 0.717) is 26.2 Å². The Morgan fingerprint density at radius 2 is 2.00 bits per heavy atom. The average Bonchev–Trinajstić information content (AvgIpc) is 2.79. The number of carbonyl (C=O) groups excluding carboxylic acids is 1. The first-order chi connectivity index (χ1) is 16.2. The molecule has 1 aliphatic heterocycles. The third-order valence-corrected chi connectivity index (χ3v) is 6.01. The zero-order valence-corrected chi connectivity index (χ0v) is 19.4. The Hall–Kier alpha value is -2.70. The third-order valence-electron chi connectivity index (χ3n) is 4.90. The van der Waals surface area contributed by atoms with Gasteiger partial charge in [-0.3, -0.25) is 9.88 Å². The zero-order valence-electron chi connectivity index (χ0n) is 18.6. The fraction of sp³-hybridized carbons (Fsp3) is 0.455. The van der Waals surface area contributed by atoms with Gasteiger partial charge in [-0.05, 0) is 36.2 Å². The van der Waals surface area contributed by atoms with Crippen LogP contribution in [0.1, 0.15) is 25.3 Å². The molecular weight excluding hydrogens is 475 g/mol. The van der Waals surface area contributed by atoms with Crippen molar-refractivity contribution in [2.45, 2.75) is 37.6 Å². The van der Waals surface area contributed by atoms with Gasteiger partial charge in [0.2, 0.25) is 0 Å². The molecule has 34 heavy (non-hydrogen) atoms. The number of aromatic nitrogens is 1. The standard InChI is InChI=1S/C22H26F3N3O5S/c1-2-3-10-32-21(29)27-34(30)20-7-5-17(33-22(23,24)25)13-18(20)19-6-4-16(14-26-19)15-28-8-11-31-12-9-28/h4-7,13-14H,2-3,8-12,15H2,1H3,(H,27,29). The van der Waals surface area contributed by atoms with Crippen LogP contribution in [0.4, 0.5) is 18.0 Å². The number of amides is 1. The third kappa shape index (κ3) is 7.96. The Balaban J connectivity index is 1.82. The molecule has 1 fully saturated rings. The number of nitrogens with zero attached hydrogens (tertiary/aromatic N) is 2. The normalized spacial score (nSPS) is 15.5. The highest BCUT2D eigenvalue weighted by Crippen LogP contribution is 2.31. The first-order valence-corrected chi connectivity index (χ1v) is 11.9. The van der Waals surface area contributed by atoms with E-state index >= 15 is 0 Å². The second-order valence-electron chi connectivity index (χ2n) is 7.51. The number of unbranched alkanes of at least 4 members (excludes halogenated alkanes) is 1. The van der Waals surface area contributed by atoms with E-state index in [1.807, 2.05) is 6.92 Å². The van der Waals surface area contributed by atoms with Crippen molar-refractivity contribution in [3.63, 3.8) is 0 Å². The highest BCUT2D eigenvalue weighted by Gasteiger charge is 2.31. The molecule has 2 heterocycles. The van der Waals surface area contributed by atoms with Crippen molar-refractivity contribution in [3.05, 3.63) is 42.1 Å². The van der Waals surface area contributed by atoms with Crippen molar-refractivity contribution < 1.29 is 36.4 Å². The summed E-state index contributed by atoms with van der Waals surface area (Å²) in [5, 5.41) is 0. The van der Waals surface area contributed by atoms with E-state index in [4.69, 9.17) is 9.47 Å². The number of carbonyl (C=O) groups is 1. The van der Waals surface area contributed by atoms with Gasteiger partial charge in [0, 0.05) is 31.4 Å². The Morgan fingerprint density at radius 3 is 2.65 bits per heavy atom. The average molecular weight is 502 g/mol. The van der Waals surface area contributed by atoms with Crippen LogP contribution in [0.5, 0.6) is 5.75 Å². The molecule has 1 aliphatic rings. The lowest BCUT2D eigenvalue weighted by atomic mass is 10.1. The van der Waals surface area contributed by atoms with Crippen LogP contribution in [0.25, 0.3) is 11.3 Å². The van der Waals surface area contributed by atoms with E-state index in [2.05, 4.69) is 19.3 Å². The summed E-state index contributed by atoms with van der Waals surface area (Å²) < 4.78 is 67.5. The highest BCUT2D eigenvalue weighted by molar-refractivity contribution is 7.83. The Kier molecular flexibility index (Phi) is 9.25. The number of hydrogen-bond acceptors (Lipinski definition) is 7. The van der Waals surface area contributed by atoms with E-state index in [-0.39, 0.29) is 22.8 Å². The molecule has 1 atom stereocenters. The number of pyridine rings is 1. The molecule has 1 aromatic heterocycles. The number of ether oxygens (including phenoxy) is 3. The number of rotatable bonds is 9. The monoisotopic (exact) mass is 501 g/mol. The van der Waals surface area contributed by atoms with Crippen molar-refractivity contribution >= 4 is 17.1 Å². The number of alkyl halides is 3. The first-order valence-electron chi connectivity index (χ1n) is 10.8. The maximum absolute atomic E-state index is 12.8. The van der Waals surface area contributed by atoms with Gasteiger partial charge < -0.3 is 14.2 Å². The van der Waals surface area contributed by atoms with Crippen LogP contribution in [0, 0.1) is 0 Å². The molecule has 0 saturated carbocycles. The molecule has 3 rings (SSSR count). The molecule has 1 aromatic carbocycles. The molecule has 1 N–H and O–H groups in total. The Labute approximate surface area is 198 Å². The van der Waals surface area contributed by atoms with Gasteiger partial charge in [-0.25, -0.2) is 13.7 Å². The van der Waals surface area contributed by atoms with Crippen molar-refractivity contribution in [1.82, 2.24) is 14.6 Å². The van der Waals surface area contributed by atoms with E-state index in [9.17, 15) is 22.2 Å². The summed E-state index contributed by atoms with van der Waals surface area (Å²) in [4.78, 5) is 18.5. The molecular formula is C22H26F3N3O5S. The number of benzene rings is 1. The molecule has 0 bridgehead atoms. The second-order valence-corrected chi connectivity index (χ2v) is 8.69. The minimum Gasteiger partial charge on any atom is -0.449 e. The Morgan fingerprint density at radius 1 is 1.24 bits per heavy atom. The van der Waals surface area contributed by atoms with Crippen LogP contribution < -0.4 is 9.46 Å². The van der Waals surface area contributed by atoms with Crippen LogP contribution in [-0.2, 0) is 27.0 Å². The van der Waals surface area contributed by atoms with Crippen LogP contribution in [0.15, 0.2) is 41.4 Å². The van der Waals surface area contributed by atoms with Crippen LogP contribution in [0.3, 0.4) is 0 Å². The van der Waals surface area contributed by atoms with Crippen molar-refractivity contribution in [1.29, 1.82) is 0 Å². The maximum atomic E-state index is 12.8. The SMILES string of the molecule is CCCCOC(=O)NS(=O)c1ccc(OC(F)(F)F)cc1-c1ccc(CN2CCOCC2)cn1. The van der Waals surface area contributed by atoms with Gasteiger partial charge in [-0.15, -0.1) is 13.2 Å². The quantitative estimate of drug-likeness (QED) is 0.519. The highest BCUT2D eigenvalue weighted by atomic mass is 32.2. The summed E-state index contributed by atoms with van der Waals surface area (Å²) >= 11 is 0. The van der Waals surface area contributed by atoms with Crippen molar-refractivity contribution in [3.8, 4) is 17.0 Å². The van der Waals surface area contributed by atoms with Crippen LogP contribution >= 0.6 is 0 Å². The van der Waals surface area contributed by atoms with Crippen molar-refractivity contribution in [2.24, 2.45) is 0 Å². The topological polar surface area (TPSA) is 90.0 Å². The molecule has 0 aliphatic carbocycles. The number of hydrogen-bond donors (Lipinski definition) is 1. The summed E-state index contributed by atoms with van der Waals surface area (Å²) in [6.45, 7) is 5.63. The number of nitrogens with one attached hydrogen (secondary N) is 1. The predicted octanol–water partition coefficient (Wildman–Crippen LogP) is 4.03.